The monoisotopic (exact) mass is 664 g/mol. The number of hydrogen-bond acceptors (Lipinski definition) is 3. The molecule has 49 heavy (non-hydrogen) atoms. The quantitative estimate of drug-likeness (QED) is 0.225. The lowest BCUT2D eigenvalue weighted by Crippen LogP contribution is -2.26. The van der Waals surface area contributed by atoms with Gasteiger partial charge in [0.25, 0.3) is 0 Å². The molecule has 3 fully saturated rings. The summed E-state index contributed by atoms with van der Waals surface area (Å²) in [7, 11) is 0. The number of hydrogen-bond donors (Lipinski definition) is 3. The van der Waals surface area contributed by atoms with Crippen LogP contribution in [0.15, 0.2) is 36.4 Å². The summed E-state index contributed by atoms with van der Waals surface area (Å²) in [6.45, 7) is 15.7. The topological polar surface area (TPSA) is 60.7 Å². The highest BCUT2D eigenvalue weighted by atomic mass is 16.3. The lowest BCUT2D eigenvalue weighted by Gasteiger charge is -2.37. The first kappa shape index (κ1) is 35.9. The van der Waals surface area contributed by atoms with Gasteiger partial charge in [-0.2, -0.15) is 0 Å². The van der Waals surface area contributed by atoms with E-state index in [0.29, 0.717) is 17.2 Å². The number of rotatable bonds is 8. The molecule has 3 aromatic carbocycles. The van der Waals surface area contributed by atoms with Crippen molar-refractivity contribution >= 4 is 0 Å². The second kappa shape index (κ2) is 14.0. The Morgan fingerprint density at radius 3 is 1.08 bits per heavy atom. The predicted molar refractivity (Wildman–Crippen MR) is 205 cm³/mol. The highest BCUT2D eigenvalue weighted by Crippen LogP contribution is 2.50. The molecule has 3 N–H and O–H groups in total. The van der Waals surface area contributed by atoms with Crippen molar-refractivity contribution < 1.29 is 15.3 Å². The van der Waals surface area contributed by atoms with Crippen LogP contribution in [-0.2, 0) is 16.2 Å². The molecule has 0 radical (unpaired) electrons. The summed E-state index contributed by atoms with van der Waals surface area (Å²) in [4.78, 5) is 0. The van der Waals surface area contributed by atoms with Crippen LogP contribution in [0.1, 0.15) is 192 Å². The molecule has 3 heteroatoms. The molecular weight excluding hydrogens is 601 g/mol. The molecule has 0 spiro atoms. The van der Waals surface area contributed by atoms with Crippen molar-refractivity contribution in [3.63, 3.8) is 0 Å². The first-order valence-electron chi connectivity index (χ1n) is 19.8. The standard InChI is InChI=1S/C46H64O3/c1-30(34-23-31(2)41(47)38(27-34)44(5)17-11-8-12-18-44)26-37(35-24-32(3)42(48)39(28-35)45(6)19-13-9-14-20-45)36-25-33(4)43(49)40(29-36)46(7)21-15-10-16-22-46/h23-25,27-30,37,47-49H,8-22,26H2,1-7H3. The van der Waals surface area contributed by atoms with Crippen LogP contribution in [0.25, 0.3) is 0 Å². The van der Waals surface area contributed by atoms with E-state index in [1.165, 1.54) is 74.5 Å². The number of benzene rings is 3. The van der Waals surface area contributed by atoms with E-state index in [0.717, 1.165) is 78.3 Å². The van der Waals surface area contributed by atoms with E-state index in [2.05, 4.69) is 84.9 Å². The van der Waals surface area contributed by atoms with Gasteiger partial charge in [-0.05, 0) is 121 Å². The fraction of sp³-hybridized carbons (Fsp3) is 0.609. The number of aryl methyl sites for hydroxylation is 3. The third kappa shape index (κ3) is 7.02. The maximum absolute atomic E-state index is 11.6. The van der Waals surface area contributed by atoms with Gasteiger partial charge in [0.1, 0.15) is 17.2 Å². The first-order valence-corrected chi connectivity index (χ1v) is 19.8. The molecule has 0 aliphatic heterocycles. The molecule has 0 heterocycles. The van der Waals surface area contributed by atoms with E-state index in [-0.39, 0.29) is 28.1 Å². The minimum Gasteiger partial charge on any atom is -0.507 e. The van der Waals surface area contributed by atoms with Crippen LogP contribution in [0.4, 0.5) is 0 Å². The Morgan fingerprint density at radius 1 is 0.469 bits per heavy atom. The molecule has 3 saturated carbocycles. The maximum atomic E-state index is 11.6. The molecule has 1 unspecified atom stereocenters. The largest absolute Gasteiger partial charge is 0.507 e. The average Bonchev–Trinajstić information content (AvgIpc) is 3.08. The van der Waals surface area contributed by atoms with Crippen LogP contribution in [0, 0.1) is 20.8 Å². The second-order valence-corrected chi connectivity index (χ2v) is 17.8. The molecule has 3 aliphatic carbocycles. The fourth-order valence-electron chi connectivity index (χ4n) is 10.2. The summed E-state index contributed by atoms with van der Waals surface area (Å²) >= 11 is 0. The van der Waals surface area contributed by atoms with Crippen LogP contribution < -0.4 is 0 Å². The van der Waals surface area contributed by atoms with Gasteiger partial charge in [-0.25, -0.2) is 0 Å². The molecule has 3 aromatic rings. The van der Waals surface area contributed by atoms with Crippen LogP contribution >= 0.6 is 0 Å². The van der Waals surface area contributed by atoms with Gasteiger partial charge < -0.3 is 15.3 Å². The molecule has 1 atom stereocenters. The van der Waals surface area contributed by atoms with Crippen molar-refractivity contribution in [3.8, 4) is 17.2 Å². The fourth-order valence-corrected chi connectivity index (χ4v) is 10.2. The number of aromatic hydroxyl groups is 3. The van der Waals surface area contributed by atoms with Gasteiger partial charge in [0, 0.05) is 22.6 Å². The number of phenols is 3. The van der Waals surface area contributed by atoms with Crippen molar-refractivity contribution in [2.24, 2.45) is 0 Å². The summed E-state index contributed by atoms with van der Waals surface area (Å²) < 4.78 is 0. The van der Waals surface area contributed by atoms with Crippen molar-refractivity contribution in [2.75, 3.05) is 0 Å². The number of phenolic OH excluding ortho intramolecular Hbond substituents is 3. The van der Waals surface area contributed by atoms with E-state index < -0.39 is 0 Å². The van der Waals surface area contributed by atoms with Gasteiger partial charge >= 0.3 is 0 Å². The zero-order valence-electron chi connectivity index (χ0n) is 31.8. The van der Waals surface area contributed by atoms with Crippen molar-refractivity contribution in [1.82, 2.24) is 0 Å². The predicted octanol–water partition coefficient (Wildman–Crippen LogP) is 12.7. The smallest absolute Gasteiger partial charge is 0.122 e. The van der Waals surface area contributed by atoms with Crippen LogP contribution in [0.5, 0.6) is 17.2 Å². The summed E-state index contributed by atoms with van der Waals surface area (Å²) in [5.74, 6) is 1.75. The van der Waals surface area contributed by atoms with Gasteiger partial charge in [-0.1, -0.05) is 122 Å². The Balaban J connectivity index is 1.48. The lowest BCUT2D eigenvalue weighted by molar-refractivity contribution is 0.307. The molecular formula is C46H64O3. The molecule has 0 bridgehead atoms. The zero-order chi connectivity index (χ0) is 35.1. The Bertz CT molecular complexity index is 1570. The third-order valence-corrected chi connectivity index (χ3v) is 13.8. The Labute approximate surface area is 297 Å². The van der Waals surface area contributed by atoms with Crippen LogP contribution in [0.3, 0.4) is 0 Å². The highest BCUT2D eigenvalue weighted by Gasteiger charge is 2.36. The van der Waals surface area contributed by atoms with E-state index in [4.69, 9.17) is 0 Å². The van der Waals surface area contributed by atoms with Gasteiger partial charge in [-0.15, -0.1) is 0 Å². The van der Waals surface area contributed by atoms with E-state index >= 15 is 0 Å². The molecule has 3 aliphatic rings. The molecule has 0 aromatic heterocycles. The van der Waals surface area contributed by atoms with E-state index in [9.17, 15) is 15.3 Å². The van der Waals surface area contributed by atoms with Gasteiger partial charge in [0.15, 0.2) is 0 Å². The summed E-state index contributed by atoms with van der Waals surface area (Å²) in [5.41, 5.74) is 10.0. The first-order chi connectivity index (χ1) is 23.2. The molecule has 3 nitrogen and oxygen atoms in total. The van der Waals surface area contributed by atoms with Gasteiger partial charge in [-0.3, -0.25) is 0 Å². The van der Waals surface area contributed by atoms with Gasteiger partial charge in [0.05, 0.1) is 0 Å². The third-order valence-electron chi connectivity index (χ3n) is 13.8. The normalized spacial score (nSPS) is 21.1. The zero-order valence-corrected chi connectivity index (χ0v) is 31.8. The Kier molecular flexibility index (Phi) is 10.2. The second-order valence-electron chi connectivity index (χ2n) is 17.8. The van der Waals surface area contributed by atoms with Crippen LogP contribution in [-0.4, -0.2) is 15.3 Å². The minimum atomic E-state index is -0.0245. The summed E-state index contributed by atoms with van der Waals surface area (Å²) in [5, 5.41) is 34.5. The molecule has 0 saturated heterocycles. The van der Waals surface area contributed by atoms with Crippen LogP contribution in [0.2, 0.25) is 0 Å². The Morgan fingerprint density at radius 2 is 0.755 bits per heavy atom. The maximum Gasteiger partial charge on any atom is 0.122 e. The molecule has 266 valence electrons. The summed E-state index contributed by atoms with van der Waals surface area (Å²) in [6, 6.07) is 13.7. The van der Waals surface area contributed by atoms with Crippen molar-refractivity contribution in [3.05, 3.63) is 86.5 Å². The SMILES string of the molecule is Cc1cc(C(C)CC(c2cc(C)c(O)c(C3(C)CCCCC3)c2)c2cc(C)c(O)c(C3(C)CCCCC3)c2)cc(C2(C)CCCCC2)c1O. The van der Waals surface area contributed by atoms with Crippen molar-refractivity contribution in [2.45, 2.75) is 179 Å². The molecule has 0 amide bonds. The van der Waals surface area contributed by atoms with Crippen molar-refractivity contribution in [1.29, 1.82) is 0 Å². The summed E-state index contributed by atoms with van der Waals surface area (Å²) in [6.07, 6.45) is 18.7. The van der Waals surface area contributed by atoms with E-state index in [1.807, 2.05) is 0 Å². The van der Waals surface area contributed by atoms with E-state index in [1.54, 1.807) is 0 Å². The lowest BCUT2D eigenvalue weighted by atomic mass is 9.68. The molecule has 6 rings (SSSR count). The van der Waals surface area contributed by atoms with Gasteiger partial charge in [0.2, 0.25) is 0 Å². The Hall–Kier alpha value is -2.94. The average molecular weight is 665 g/mol. The minimum absolute atomic E-state index is 0.0129. The highest BCUT2D eigenvalue weighted by molar-refractivity contribution is 5.54.